The van der Waals surface area contributed by atoms with Gasteiger partial charge in [0, 0.05) is 0 Å². The minimum absolute atomic E-state index is 0.0222. The van der Waals surface area contributed by atoms with E-state index < -0.39 is 6.23 Å². The van der Waals surface area contributed by atoms with Crippen molar-refractivity contribution in [2.45, 2.75) is 39.8 Å². The Morgan fingerprint density at radius 3 is 2.45 bits per heavy atom. The zero-order valence-electron chi connectivity index (χ0n) is 7.46. The van der Waals surface area contributed by atoms with E-state index in [4.69, 9.17) is 10.5 Å². The minimum atomic E-state index is -0.484. The Hall–Kier alpha value is -0.570. The molecule has 0 aromatic heterocycles. The first-order chi connectivity index (χ1) is 5.07. The summed E-state index contributed by atoms with van der Waals surface area (Å²) in [7, 11) is 0. The van der Waals surface area contributed by atoms with Crippen LogP contribution in [0.3, 0.4) is 0 Å². The van der Waals surface area contributed by atoms with Crippen LogP contribution in [0, 0.1) is 5.92 Å². The molecule has 3 heteroatoms. The third-order valence-electron chi connectivity index (χ3n) is 1.43. The highest BCUT2D eigenvalue weighted by molar-refractivity contribution is 5.72. The smallest absolute Gasteiger partial charge is 0.310 e. The molecule has 0 heterocycles. The van der Waals surface area contributed by atoms with Crippen molar-refractivity contribution in [3.05, 3.63) is 0 Å². The molecule has 0 spiro atoms. The molecule has 3 nitrogen and oxygen atoms in total. The second kappa shape index (κ2) is 5.13. The van der Waals surface area contributed by atoms with Crippen LogP contribution in [0.25, 0.3) is 0 Å². The molecule has 0 aliphatic rings. The van der Waals surface area contributed by atoms with Gasteiger partial charge in [-0.1, -0.05) is 20.3 Å². The highest BCUT2D eigenvalue weighted by Gasteiger charge is 2.13. The molecule has 0 fully saturated rings. The van der Waals surface area contributed by atoms with Gasteiger partial charge in [0.25, 0.3) is 0 Å². The van der Waals surface area contributed by atoms with Crippen molar-refractivity contribution in [1.29, 1.82) is 0 Å². The molecule has 0 aliphatic carbocycles. The first-order valence-corrected chi connectivity index (χ1v) is 4.04. The maximum atomic E-state index is 11.0. The summed E-state index contributed by atoms with van der Waals surface area (Å²) in [4.78, 5) is 11.0. The molecule has 0 aromatic carbocycles. The Morgan fingerprint density at radius 2 is 2.09 bits per heavy atom. The summed E-state index contributed by atoms with van der Waals surface area (Å²) >= 11 is 0. The van der Waals surface area contributed by atoms with Crippen LogP contribution >= 0.6 is 0 Å². The lowest BCUT2D eigenvalue weighted by Gasteiger charge is -2.12. The lowest BCUT2D eigenvalue weighted by molar-refractivity contribution is -0.152. The van der Waals surface area contributed by atoms with Crippen molar-refractivity contribution >= 4 is 5.97 Å². The number of carbonyl (C=O) groups excluding carboxylic acids is 1. The minimum Gasteiger partial charge on any atom is -0.447 e. The molecule has 0 rings (SSSR count). The number of hydrogen-bond donors (Lipinski definition) is 1. The molecule has 0 aliphatic heterocycles. The Labute approximate surface area is 67.9 Å². The lowest BCUT2D eigenvalue weighted by atomic mass is 10.1. The summed E-state index contributed by atoms with van der Waals surface area (Å²) in [5.74, 6) is -0.215. The number of rotatable bonds is 4. The van der Waals surface area contributed by atoms with Crippen LogP contribution < -0.4 is 5.73 Å². The molecule has 66 valence electrons. The van der Waals surface area contributed by atoms with E-state index in [1.54, 1.807) is 6.92 Å². The van der Waals surface area contributed by atoms with Gasteiger partial charge in [-0.3, -0.25) is 10.5 Å². The molecule has 0 amide bonds. The average molecular weight is 159 g/mol. The van der Waals surface area contributed by atoms with Crippen molar-refractivity contribution in [3.8, 4) is 0 Å². The van der Waals surface area contributed by atoms with E-state index in [2.05, 4.69) is 0 Å². The van der Waals surface area contributed by atoms with Crippen molar-refractivity contribution in [1.82, 2.24) is 0 Å². The van der Waals surface area contributed by atoms with Crippen molar-refractivity contribution in [2.75, 3.05) is 0 Å². The predicted molar refractivity (Wildman–Crippen MR) is 43.8 cm³/mol. The second-order valence-electron chi connectivity index (χ2n) is 2.83. The molecular weight excluding hydrogens is 142 g/mol. The van der Waals surface area contributed by atoms with Crippen LogP contribution in [0.5, 0.6) is 0 Å². The summed E-state index contributed by atoms with van der Waals surface area (Å²) in [6.45, 7) is 5.54. The van der Waals surface area contributed by atoms with Gasteiger partial charge in [-0.2, -0.15) is 0 Å². The summed E-state index contributed by atoms with van der Waals surface area (Å²) in [6, 6.07) is 0. The van der Waals surface area contributed by atoms with Crippen molar-refractivity contribution in [2.24, 2.45) is 11.7 Å². The molecule has 0 aromatic rings. The summed E-state index contributed by atoms with van der Waals surface area (Å²) in [5.41, 5.74) is 5.28. The standard InChI is InChI=1S/C8H17NO2/c1-4-5-6(2)8(10)11-7(3)9/h6-7H,4-5,9H2,1-3H3. The number of hydrogen-bond acceptors (Lipinski definition) is 3. The Kier molecular flexibility index (Phi) is 4.86. The molecule has 0 saturated carbocycles. The summed E-state index contributed by atoms with van der Waals surface area (Å²) < 4.78 is 4.80. The fraction of sp³-hybridized carbons (Fsp3) is 0.875. The van der Waals surface area contributed by atoms with Gasteiger partial charge in [0.1, 0.15) is 6.23 Å². The first kappa shape index (κ1) is 10.4. The Balaban J connectivity index is 3.64. The summed E-state index contributed by atoms with van der Waals surface area (Å²) in [5, 5.41) is 0. The normalized spacial score (nSPS) is 15.6. The van der Waals surface area contributed by atoms with Crippen LogP contribution in [0.15, 0.2) is 0 Å². The number of carbonyl (C=O) groups is 1. The van der Waals surface area contributed by atoms with E-state index >= 15 is 0 Å². The second-order valence-corrected chi connectivity index (χ2v) is 2.83. The maximum Gasteiger partial charge on any atom is 0.310 e. The zero-order valence-corrected chi connectivity index (χ0v) is 7.46. The third kappa shape index (κ3) is 4.79. The van der Waals surface area contributed by atoms with Crippen molar-refractivity contribution in [3.63, 3.8) is 0 Å². The van der Waals surface area contributed by atoms with Crippen LogP contribution in [-0.4, -0.2) is 12.2 Å². The largest absolute Gasteiger partial charge is 0.447 e. The topological polar surface area (TPSA) is 52.3 Å². The maximum absolute atomic E-state index is 11.0. The zero-order chi connectivity index (χ0) is 8.85. The lowest BCUT2D eigenvalue weighted by Crippen LogP contribution is -2.26. The molecule has 11 heavy (non-hydrogen) atoms. The fourth-order valence-corrected chi connectivity index (χ4v) is 0.850. The molecule has 2 atom stereocenters. The van der Waals surface area contributed by atoms with Crippen LogP contribution in [0.1, 0.15) is 33.6 Å². The first-order valence-electron chi connectivity index (χ1n) is 4.04. The van der Waals surface area contributed by atoms with Gasteiger partial charge in [-0.05, 0) is 13.3 Å². The van der Waals surface area contributed by atoms with Gasteiger partial charge in [0.2, 0.25) is 0 Å². The van der Waals surface area contributed by atoms with Gasteiger partial charge in [0.05, 0.1) is 5.92 Å². The van der Waals surface area contributed by atoms with E-state index in [0.717, 1.165) is 12.8 Å². The monoisotopic (exact) mass is 159 g/mol. The van der Waals surface area contributed by atoms with Crippen LogP contribution in [0.4, 0.5) is 0 Å². The Bertz CT molecular complexity index is 123. The number of esters is 1. The molecule has 2 unspecified atom stereocenters. The van der Waals surface area contributed by atoms with E-state index in [1.807, 2.05) is 13.8 Å². The fourth-order valence-electron chi connectivity index (χ4n) is 0.850. The average Bonchev–Trinajstić information content (AvgIpc) is 1.86. The van der Waals surface area contributed by atoms with Gasteiger partial charge in [-0.15, -0.1) is 0 Å². The molecule has 0 saturated heterocycles. The molecule has 2 N–H and O–H groups in total. The van der Waals surface area contributed by atoms with Gasteiger partial charge >= 0.3 is 5.97 Å². The number of nitrogens with two attached hydrogens (primary N) is 1. The summed E-state index contributed by atoms with van der Waals surface area (Å²) in [6.07, 6.45) is 1.38. The van der Waals surface area contributed by atoms with Gasteiger partial charge in [-0.25, -0.2) is 0 Å². The van der Waals surface area contributed by atoms with E-state index in [1.165, 1.54) is 0 Å². The van der Waals surface area contributed by atoms with Gasteiger partial charge in [0.15, 0.2) is 0 Å². The Morgan fingerprint density at radius 1 is 1.55 bits per heavy atom. The SMILES string of the molecule is CCCC(C)C(=O)OC(C)N. The van der Waals surface area contributed by atoms with Crippen molar-refractivity contribution < 1.29 is 9.53 Å². The van der Waals surface area contributed by atoms with E-state index in [9.17, 15) is 4.79 Å². The molecule has 0 radical (unpaired) electrons. The highest BCUT2D eigenvalue weighted by Crippen LogP contribution is 2.07. The van der Waals surface area contributed by atoms with Crippen LogP contribution in [-0.2, 0) is 9.53 Å². The van der Waals surface area contributed by atoms with E-state index in [0.29, 0.717) is 0 Å². The molecular formula is C8H17NO2. The predicted octanol–water partition coefficient (Wildman–Crippen LogP) is 1.27. The van der Waals surface area contributed by atoms with Gasteiger partial charge < -0.3 is 4.74 Å². The van der Waals surface area contributed by atoms with E-state index in [-0.39, 0.29) is 11.9 Å². The quantitative estimate of drug-likeness (QED) is 0.496. The molecule has 0 bridgehead atoms. The van der Waals surface area contributed by atoms with Crippen LogP contribution in [0.2, 0.25) is 0 Å². The third-order valence-corrected chi connectivity index (χ3v) is 1.43. The highest BCUT2D eigenvalue weighted by atomic mass is 16.6. The number of ether oxygens (including phenoxy) is 1.